The first kappa shape index (κ1) is 14.6. The van der Waals surface area contributed by atoms with Gasteiger partial charge >= 0.3 is 6.09 Å². The van der Waals surface area contributed by atoms with Crippen LogP contribution < -0.4 is 0 Å². The second-order valence-electron chi connectivity index (χ2n) is 5.43. The topological polar surface area (TPSA) is 75.8 Å². The SMILES string of the molecule is Cc1ccc(-c2nc(CN3C(=O)OC[C@@H]3CO)c(C)o2)cc1. The molecule has 0 bridgehead atoms. The number of oxazole rings is 1. The molecule has 0 saturated carbocycles. The summed E-state index contributed by atoms with van der Waals surface area (Å²) >= 11 is 0. The number of amides is 1. The van der Waals surface area contributed by atoms with Crippen LogP contribution in [0.15, 0.2) is 28.7 Å². The summed E-state index contributed by atoms with van der Waals surface area (Å²) in [7, 11) is 0. The molecule has 116 valence electrons. The van der Waals surface area contributed by atoms with Crippen molar-refractivity contribution in [3.63, 3.8) is 0 Å². The Hall–Kier alpha value is -2.34. The van der Waals surface area contributed by atoms with Crippen LogP contribution in [0.4, 0.5) is 4.79 Å². The van der Waals surface area contributed by atoms with Crippen LogP contribution in [0.25, 0.3) is 11.5 Å². The van der Waals surface area contributed by atoms with Gasteiger partial charge in [-0.3, -0.25) is 4.90 Å². The van der Waals surface area contributed by atoms with Crippen LogP contribution in [-0.4, -0.2) is 40.3 Å². The first-order chi connectivity index (χ1) is 10.6. The standard InChI is InChI=1S/C16H18N2O4/c1-10-3-5-12(6-4-10)15-17-14(11(2)22-15)7-18-13(8-19)9-21-16(18)20/h3-6,13,19H,7-9H2,1-2H3/t13-/m0/s1. The molecule has 1 amide bonds. The van der Waals surface area contributed by atoms with E-state index in [1.807, 2.05) is 38.1 Å². The van der Waals surface area contributed by atoms with Gasteiger partial charge in [-0.1, -0.05) is 17.7 Å². The predicted octanol–water partition coefficient (Wildman–Crippen LogP) is 2.27. The van der Waals surface area contributed by atoms with E-state index in [1.165, 1.54) is 4.90 Å². The van der Waals surface area contributed by atoms with E-state index in [4.69, 9.17) is 9.15 Å². The lowest BCUT2D eigenvalue weighted by molar-refractivity contribution is 0.150. The van der Waals surface area contributed by atoms with Crippen LogP contribution in [0.3, 0.4) is 0 Å². The molecule has 1 fully saturated rings. The number of rotatable bonds is 4. The van der Waals surface area contributed by atoms with Crippen LogP contribution in [0.5, 0.6) is 0 Å². The highest BCUT2D eigenvalue weighted by atomic mass is 16.6. The Kier molecular flexibility index (Phi) is 3.85. The summed E-state index contributed by atoms with van der Waals surface area (Å²) in [5.74, 6) is 1.19. The van der Waals surface area contributed by atoms with Crippen molar-refractivity contribution < 1.29 is 19.1 Å². The van der Waals surface area contributed by atoms with Gasteiger partial charge in [-0.25, -0.2) is 9.78 Å². The first-order valence-corrected chi connectivity index (χ1v) is 7.16. The molecule has 1 atom stereocenters. The van der Waals surface area contributed by atoms with E-state index in [9.17, 15) is 9.90 Å². The fourth-order valence-corrected chi connectivity index (χ4v) is 2.39. The van der Waals surface area contributed by atoms with Crippen molar-refractivity contribution in [3.8, 4) is 11.5 Å². The number of hydrogen-bond donors (Lipinski definition) is 1. The zero-order chi connectivity index (χ0) is 15.7. The molecular formula is C16H18N2O4. The number of aryl methyl sites for hydroxylation is 2. The Labute approximate surface area is 128 Å². The second kappa shape index (κ2) is 5.81. The fraction of sp³-hybridized carbons (Fsp3) is 0.375. The van der Waals surface area contributed by atoms with Crippen LogP contribution in [-0.2, 0) is 11.3 Å². The third-order valence-electron chi connectivity index (χ3n) is 3.80. The molecule has 6 heteroatoms. The van der Waals surface area contributed by atoms with E-state index in [-0.39, 0.29) is 25.8 Å². The van der Waals surface area contributed by atoms with Crippen LogP contribution in [0.2, 0.25) is 0 Å². The number of aromatic nitrogens is 1. The highest BCUT2D eigenvalue weighted by Crippen LogP contribution is 2.24. The molecule has 1 saturated heterocycles. The van der Waals surface area contributed by atoms with Crippen LogP contribution in [0, 0.1) is 13.8 Å². The van der Waals surface area contributed by atoms with E-state index >= 15 is 0 Å². The normalized spacial score (nSPS) is 17.9. The van der Waals surface area contributed by atoms with E-state index in [0.29, 0.717) is 17.3 Å². The van der Waals surface area contributed by atoms with E-state index in [0.717, 1.165) is 11.1 Å². The molecule has 1 aliphatic heterocycles. The van der Waals surface area contributed by atoms with Crippen molar-refractivity contribution >= 4 is 6.09 Å². The number of carbonyl (C=O) groups is 1. The molecule has 22 heavy (non-hydrogen) atoms. The summed E-state index contributed by atoms with van der Waals surface area (Å²) in [6.45, 7) is 4.18. The molecule has 0 aliphatic carbocycles. The summed E-state index contributed by atoms with van der Waals surface area (Å²) in [4.78, 5) is 17.7. The molecular weight excluding hydrogens is 284 g/mol. The van der Waals surface area contributed by atoms with Crippen molar-refractivity contribution in [1.82, 2.24) is 9.88 Å². The summed E-state index contributed by atoms with van der Waals surface area (Å²) < 4.78 is 10.7. The maximum atomic E-state index is 11.7. The van der Waals surface area contributed by atoms with Gasteiger partial charge in [0.2, 0.25) is 5.89 Å². The lowest BCUT2D eigenvalue weighted by Crippen LogP contribution is -2.35. The molecule has 2 heterocycles. The van der Waals surface area contributed by atoms with Gasteiger partial charge in [0.25, 0.3) is 0 Å². The lowest BCUT2D eigenvalue weighted by Gasteiger charge is -2.18. The van der Waals surface area contributed by atoms with Crippen molar-refractivity contribution in [2.45, 2.75) is 26.4 Å². The first-order valence-electron chi connectivity index (χ1n) is 7.16. The summed E-state index contributed by atoms with van der Waals surface area (Å²) in [5.41, 5.74) is 2.73. The Bertz CT molecular complexity index is 678. The van der Waals surface area contributed by atoms with E-state index < -0.39 is 6.09 Å². The Balaban J connectivity index is 1.83. The van der Waals surface area contributed by atoms with Crippen molar-refractivity contribution in [1.29, 1.82) is 0 Å². The Morgan fingerprint density at radius 1 is 1.32 bits per heavy atom. The highest BCUT2D eigenvalue weighted by molar-refractivity contribution is 5.70. The molecule has 0 spiro atoms. The predicted molar refractivity (Wildman–Crippen MR) is 79.2 cm³/mol. The molecule has 6 nitrogen and oxygen atoms in total. The van der Waals surface area contributed by atoms with E-state index in [1.54, 1.807) is 0 Å². The highest BCUT2D eigenvalue weighted by Gasteiger charge is 2.33. The van der Waals surface area contributed by atoms with Gasteiger partial charge in [0.15, 0.2) is 0 Å². The number of aliphatic hydroxyl groups excluding tert-OH is 1. The van der Waals surface area contributed by atoms with Gasteiger partial charge in [0.05, 0.1) is 19.2 Å². The minimum absolute atomic E-state index is 0.131. The minimum Gasteiger partial charge on any atom is -0.447 e. The second-order valence-corrected chi connectivity index (χ2v) is 5.43. The zero-order valence-electron chi connectivity index (χ0n) is 12.6. The number of carbonyl (C=O) groups excluding carboxylic acids is 1. The molecule has 0 unspecified atom stereocenters. The summed E-state index contributed by atoms with van der Waals surface area (Å²) in [6.07, 6.45) is -0.432. The number of hydrogen-bond acceptors (Lipinski definition) is 5. The summed E-state index contributed by atoms with van der Waals surface area (Å²) in [5, 5.41) is 9.29. The average molecular weight is 302 g/mol. The monoisotopic (exact) mass is 302 g/mol. The molecule has 1 aromatic carbocycles. The third kappa shape index (κ3) is 2.69. The van der Waals surface area contributed by atoms with Gasteiger partial charge in [0.1, 0.15) is 18.1 Å². The zero-order valence-corrected chi connectivity index (χ0v) is 12.6. The molecule has 1 aliphatic rings. The third-order valence-corrected chi connectivity index (χ3v) is 3.80. The van der Waals surface area contributed by atoms with Crippen molar-refractivity contribution in [2.24, 2.45) is 0 Å². The number of cyclic esters (lactones) is 1. The maximum Gasteiger partial charge on any atom is 0.410 e. The smallest absolute Gasteiger partial charge is 0.410 e. The molecule has 1 aromatic heterocycles. The van der Waals surface area contributed by atoms with Gasteiger partial charge in [-0.15, -0.1) is 0 Å². The quantitative estimate of drug-likeness (QED) is 0.937. The fourth-order valence-electron chi connectivity index (χ4n) is 2.39. The molecule has 2 aromatic rings. The van der Waals surface area contributed by atoms with Gasteiger partial charge in [-0.05, 0) is 26.0 Å². The number of ether oxygens (including phenoxy) is 1. The van der Waals surface area contributed by atoms with Gasteiger partial charge in [-0.2, -0.15) is 0 Å². The Morgan fingerprint density at radius 2 is 2.05 bits per heavy atom. The molecule has 1 N–H and O–H groups in total. The van der Waals surface area contributed by atoms with Crippen molar-refractivity contribution in [2.75, 3.05) is 13.2 Å². The molecule has 0 radical (unpaired) electrons. The van der Waals surface area contributed by atoms with Crippen LogP contribution >= 0.6 is 0 Å². The van der Waals surface area contributed by atoms with Crippen LogP contribution in [0.1, 0.15) is 17.0 Å². The minimum atomic E-state index is -0.432. The maximum absolute atomic E-state index is 11.7. The lowest BCUT2D eigenvalue weighted by atomic mass is 10.1. The average Bonchev–Trinajstić information content (AvgIpc) is 3.04. The number of aliphatic hydroxyl groups is 1. The Morgan fingerprint density at radius 3 is 2.73 bits per heavy atom. The van der Waals surface area contributed by atoms with Gasteiger partial charge < -0.3 is 14.3 Å². The largest absolute Gasteiger partial charge is 0.447 e. The summed E-state index contributed by atoms with van der Waals surface area (Å²) in [6, 6.07) is 7.56. The van der Waals surface area contributed by atoms with E-state index in [2.05, 4.69) is 4.98 Å². The number of benzene rings is 1. The number of nitrogens with zero attached hydrogens (tertiary/aromatic N) is 2. The molecule has 3 rings (SSSR count). The van der Waals surface area contributed by atoms with Gasteiger partial charge in [0, 0.05) is 5.56 Å². The van der Waals surface area contributed by atoms with Crippen molar-refractivity contribution in [3.05, 3.63) is 41.3 Å².